The minimum absolute atomic E-state index is 0.0446. The van der Waals surface area contributed by atoms with E-state index in [0.29, 0.717) is 0 Å². The molecule has 136 valence electrons. The molecule has 2 amide bonds. The Morgan fingerprint density at radius 2 is 2.08 bits per heavy atom. The average molecular weight is 374 g/mol. The number of nitrogens with one attached hydrogen (secondary N) is 2. The van der Waals surface area contributed by atoms with Crippen molar-refractivity contribution in [2.75, 3.05) is 11.6 Å². The lowest BCUT2D eigenvalue weighted by Crippen LogP contribution is -2.42. The largest absolute Gasteiger partial charge is 0.419 e. The normalized spacial score (nSPS) is 23.1. The van der Waals surface area contributed by atoms with Gasteiger partial charge < -0.3 is 14.8 Å². The molecule has 1 heterocycles. The molecule has 9 heteroatoms. The first-order valence-electron chi connectivity index (χ1n) is 7.19. The summed E-state index contributed by atoms with van der Waals surface area (Å²) in [5.41, 5.74) is -1.87. The van der Waals surface area contributed by atoms with Gasteiger partial charge in [0.25, 0.3) is 0 Å². The van der Waals surface area contributed by atoms with Crippen molar-refractivity contribution in [2.45, 2.75) is 30.5 Å². The van der Waals surface area contributed by atoms with E-state index in [1.54, 1.807) is 13.8 Å². The fourth-order valence-electron chi connectivity index (χ4n) is 2.15. The summed E-state index contributed by atoms with van der Waals surface area (Å²) >= 11 is 0. The van der Waals surface area contributed by atoms with E-state index in [0.717, 1.165) is 12.1 Å². The Balaban J connectivity index is 2.35. The summed E-state index contributed by atoms with van der Waals surface area (Å²) in [7, 11) is -2.59. The van der Waals surface area contributed by atoms with E-state index >= 15 is 0 Å². The van der Waals surface area contributed by atoms with E-state index < -0.39 is 39.6 Å². The molecule has 1 unspecified atom stereocenters. The molecule has 1 aliphatic heterocycles. The van der Waals surface area contributed by atoms with E-state index in [1.165, 1.54) is 12.1 Å². The smallest absolute Gasteiger partial charge is 0.392 e. The third-order valence-electron chi connectivity index (χ3n) is 3.47. The number of benzene rings is 1. The zero-order valence-corrected chi connectivity index (χ0v) is 14.4. The highest BCUT2D eigenvalue weighted by Crippen LogP contribution is 2.58. The first-order chi connectivity index (χ1) is 11.5. The van der Waals surface area contributed by atoms with Gasteiger partial charge in [0.05, 0.1) is 22.7 Å². The molecule has 2 N–H and O–H groups in total. The van der Waals surface area contributed by atoms with Crippen molar-refractivity contribution in [3.05, 3.63) is 29.8 Å². The van der Waals surface area contributed by atoms with Crippen molar-refractivity contribution in [2.24, 2.45) is 0 Å². The van der Waals surface area contributed by atoms with Crippen LogP contribution in [0, 0.1) is 12.3 Å². The predicted molar refractivity (Wildman–Crippen MR) is 87.7 cm³/mol. The predicted octanol–water partition coefficient (Wildman–Crippen LogP) is 3.01. The van der Waals surface area contributed by atoms with Gasteiger partial charge in [-0.3, -0.25) is 4.79 Å². The summed E-state index contributed by atoms with van der Waals surface area (Å²) in [4.78, 5) is 24.0. The van der Waals surface area contributed by atoms with Crippen molar-refractivity contribution >= 4 is 22.3 Å². The van der Waals surface area contributed by atoms with Crippen LogP contribution in [0.4, 0.5) is 18.0 Å². The van der Waals surface area contributed by atoms with Crippen LogP contribution in [0.3, 0.4) is 0 Å². The Morgan fingerprint density at radius 3 is 2.60 bits per heavy atom. The van der Waals surface area contributed by atoms with Crippen molar-refractivity contribution in [3.8, 4) is 12.3 Å². The number of carbonyl (C=O) groups excluding carboxylic acids is 2. The van der Waals surface area contributed by atoms with Crippen LogP contribution in [0.15, 0.2) is 29.2 Å². The minimum Gasteiger partial charge on any atom is -0.392 e. The van der Waals surface area contributed by atoms with Crippen molar-refractivity contribution < 1.29 is 26.9 Å². The molecule has 2 rings (SSSR count). The number of hydrogen-bond donors (Lipinski definition) is 2. The molecule has 1 fully saturated rings. The molecular formula is C16H17F3N2O3S. The van der Waals surface area contributed by atoms with Gasteiger partial charge in [0.15, 0.2) is 0 Å². The Hall–Kier alpha value is -2.34. The monoisotopic (exact) mass is 374 g/mol. The van der Waals surface area contributed by atoms with Crippen molar-refractivity contribution in [3.63, 3.8) is 0 Å². The first kappa shape index (κ1) is 19.0. The van der Waals surface area contributed by atoms with E-state index in [1.807, 2.05) is 0 Å². The zero-order chi connectivity index (χ0) is 18.9. The van der Waals surface area contributed by atoms with Crippen LogP contribution in [0.5, 0.6) is 0 Å². The van der Waals surface area contributed by atoms with E-state index in [2.05, 4.69) is 16.6 Å². The van der Waals surface area contributed by atoms with E-state index in [-0.39, 0.29) is 16.5 Å². The van der Waals surface area contributed by atoms with Crippen LogP contribution in [0.2, 0.25) is 0 Å². The summed E-state index contributed by atoms with van der Waals surface area (Å²) in [6, 6.07) is 4.48. The van der Waals surface area contributed by atoms with Crippen LogP contribution < -0.4 is 10.6 Å². The van der Waals surface area contributed by atoms with Gasteiger partial charge in [0.1, 0.15) is 0 Å². The molecule has 0 radical (unpaired) electrons. The number of amides is 2. The quantitative estimate of drug-likeness (QED) is 0.800. The maximum absolute atomic E-state index is 13.0. The molecule has 25 heavy (non-hydrogen) atoms. The molecule has 1 atom stereocenters. The van der Waals surface area contributed by atoms with Crippen LogP contribution in [0.1, 0.15) is 19.4 Å². The summed E-state index contributed by atoms with van der Waals surface area (Å²) in [5, 5.41) is 4.97. The van der Waals surface area contributed by atoms with E-state index in [9.17, 15) is 22.8 Å². The molecule has 1 aromatic carbocycles. The van der Waals surface area contributed by atoms with Crippen LogP contribution in [-0.4, -0.2) is 29.2 Å². The Morgan fingerprint density at radius 1 is 1.40 bits per heavy atom. The van der Waals surface area contributed by atoms with Gasteiger partial charge in [0, 0.05) is 4.90 Å². The lowest BCUT2D eigenvalue weighted by atomic mass is 10.1. The topological polar surface area (TPSA) is 67.4 Å². The standard InChI is InChI=1S/C16H17F3N2O3S/c1-4-15(2,3)21-14(23)24-25(9-13(22)20-10-25)12-7-5-6-11(8-12)16(17,18)19/h1,5-8H,9-10H2,2-3H3,(H,20,22)(H,21,23). The zero-order valence-electron chi connectivity index (χ0n) is 13.6. The van der Waals surface area contributed by atoms with Crippen molar-refractivity contribution in [1.29, 1.82) is 0 Å². The number of hydrogen-bond acceptors (Lipinski definition) is 3. The summed E-state index contributed by atoms with van der Waals surface area (Å²) in [6.45, 7) is 3.14. The second-order valence-corrected chi connectivity index (χ2v) is 8.83. The number of alkyl halides is 3. The molecule has 1 saturated heterocycles. The first-order valence-corrected chi connectivity index (χ1v) is 9.09. The number of halogens is 3. The van der Waals surface area contributed by atoms with Gasteiger partial charge in [-0.05, 0) is 42.4 Å². The maximum Gasteiger partial charge on any atom is 0.419 e. The molecule has 0 aliphatic carbocycles. The van der Waals surface area contributed by atoms with Crippen LogP contribution >= 0.6 is 10.3 Å². The summed E-state index contributed by atoms with van der Waals surface area (Å²) < 4.78 is 44.4. The second kappa shape index (κ2) is 6.52. The Kier molecular flexibility index (Phi) is 4.95. The number of carbonyl (C=O) groups is 2. The molecule has 0 spiro atoms. The summed E-state index contributed by atoms with van der Waals surface area (Å²) in [5.74, 6) is 1.72. The fourth-order valence-corrected chi connectivity index (χ4v) is 4.71. The summed E-state index contributed by atoms with van der Waals surface area (Å²) in [6.07, 6.45) is -0.132. The molecule has 0 aromatic heterocycles. The fraction of sp³-hybridized carbons (Fsp3) is 0.375. The van der Waals surface area contributed by atoms with Crippen molar-refractivity contribution in [1.82, 2.24) is 10.6 Å². The Labute approximate surface area is 144 Å². The van der Waals surface area contributed by atoms with Gasteiger partial charge in [-0.1, -0.05) is 12.0 Å². The number of terminal acetylenes is 1. The van der Waals surface area contributed by atoms with Gasteiger partial charge in [-0.25, -0.2) is 4.79 Å². The third kappa shape index (κ3) is 4.39. The highest BCUT2D eigenvalue weighted by Gasteiger charge is 2.41. The van der Waals surface area contributed by atoms with Gasteiger partial charge >= 0.3 is 12.3 Å². The molecule has 0 saturated carbocycles. The second-order valence-electron chi connectivity index (χ2n) is 5.99. The molecular weight excluding hydrogens is 357 g/mol. The highest BCUT2D eigenvalue weighted by molar-refractivity contribution is 8.31. The lowest BCUT2D eigenvalue weighted by molar-refractivity contribution is -0.137. The van der Waals surface area contributed by atoms with Gasteiger partial charge in [-0.2, -0.15) is 13.2 Å². The number of rotatable bonds is 3. The average Bonchev–Trinajstić information content (AvgIpc) is 2.88. The van der Waals surface area contributed by atoms with Crippen LogP contribution in [0.25, 0.3) is 0 Å². The molecule has 1 aliphatic rings. The lowest BCUT2D eigenvalue weighted by Gasteiger charge is -2.34. The SMILES string of the molecule is C#CC(C)(C)NC(=O)OS1(c2cccc(C(F)(F)F)c2)CNC(=O)C1. The maximum atomic E-state index is 13.0. The highest BCUT2D eigenvalue weighted by atomic mass is 32.3. The molecule has 5 nitrogen and oxygen atoms in total. The molecule has 1 aromatic rings. The van der Waals surface area contributed by atoms with Gasteiger partial charge in [-0.15, -0.1) is 6.42 Å². The molecule has 0 bridgehead atoms. The Bertz CT molecular complexity index is 743. The van der Waals surface area contributed by atoms with Crippen LogP contribution in [-0.2, 0) is 15.2 Å². The minimum atomic E-state index is -4.54. The van der Waals surface area contributed by atoms with E-state index in [4.69, 9.17) is 10.6 Å². The van der Waals surface area contributed by atoms with Gasteiger partial charge in [0.2, 0.25) is 5.91 Å². The third-order valence-corrected chi connectivity index (χ3v) is 6.39.